The predicted molar refractivity (Wildman–Crippen MR) is 113 cm³/mol. The third kappa shape index (κ3) is 6.69. The van der Waals surface area contributed by atoms with Crippen molar-refractivity contribution >= 4 is 11.7 Å². The van der Waals surface area contributed by atoms with Crippen LogP contribution in [-0.2, 0) is 6.42 Å². The van der Waals surface area contributed by atoms with Gasteiger partial charge in [0.15, 0.2) is 0 Å². The Labute approximate surface area is 164 Å². The first kappa shape index (κ1) is 19.9. The molecule has 1 aliphatic heterocycles. The number of carbonyl (C=O) groups excluding carboxylic acids is 1. The van der Waals surface area contributed by atoms with Gasteiger partial charge in [0, 0.05) is 31.4 Å². The number of anilines is 1. The summed E-state index contributed by atoms with van der Waals surface area (Å²) in [5.41, 5.74) is 3.75. The second-order valence-electron chi connectivity index (χ2n) is 8.02. The van der Waals surface area contributed by atoms with Crippen molar-refractivity contribution in [2.75, 3.05) is 25.0 Å². The maximum atomic E-state index is 12.3. The number of hydrogen-bond donors (Lipinski definition) is 2. The van der Waals surface area contributed by atoms with Gasteiger partial charge in [-0.2, -0.15) is 0 Å². The predicted octanol–water partition coefficient (Wildman–Crippen LogP) is 5.12. The van der Waals surface area contributed by atoms with Crippen molar-refractivity contribution in [1.29, 1.82) is 0 Å². The second kappa shape index (κ2) is 10.5. The molecule has 1 heterocycles. The van der Waals surface area contributed by atoms with Crippen molar-refractivity contribution in [3.05, 3.63) is 41.5 Å². The van der Waals surface area contributed by atoms with E-state index in [-0.39, 0.29) is 12.1 Å². The Bertz CT molecular complexity index is 632. The molecule has 1 fully saturated rings. The van der Waals surface area contributed by atoms with Gasteiger partial charge in [0.2, 0.25) is 0 Å². The molecule has 0 unspecified atom stereocenters. The molecule has 0 bridgehead atoms. The van der Waals surface area contributed by atoms with Crippen LogP contribution < -0.4 is 10.6 Å². The molecule has 2 amide bonds. The van der Waals surface area contributed by atoms with Gasteiger partial charge in [0.25, 0.3) is 0 Å². The van der Waals surface area contributed by atoms with E-state index in [9.17, 15) is 4.79 Å². The minimum Gasteiger partial charge on any atom is -0.335 e. The summed E-state index contributed by atoms with van der Waals surface area (Å²) in [5.74, 6) is 0. The SMILES string of the molecule is CCc1cccc(NC(=O)NC2CCN(CC3=CCCCCCC3)CC2)c1. The number of allylic oxidation sites excluding steroid dienone is 1. The van der Waals surface area contributed by atoms with Crippen molar-refractivity contribution in [2.24, 2.45) is 0 Å². The lowest BCUT2D eigenvalue weighted by Crippen LogP contribution is -2.46. The Balaban J connectivity index is 1.40. The molecule has 1 aromatic carbocycles. The fourth-order valence-corrected chi connectivity index (χ4v) is 4.15. The van der Waals surface area contributed by atoms with E-state index < -0.39 is 0 Å². The summed E-state index contributed by atoms with van der Waals surface area (Å²) in [5, 5.41) is 6.14. The number of nitrogens with one attached hydrogen (secondary N) is 2. The smallest absolute Gasteiger partial charge is 0.319 e. The molecule has 148 valence electrons. The molecule has 4 heteroatoms. The number of aryl methyl sites for hydroxylation is 1. The average molecular weight is 370 g/mol. The van der Waals surface area contributed by atoms with Gasteiger partial charge in [0.1, 0.15) is 0 Å². The van der Waals surface area contributed by atoms with Gasteiger partial charge in [-0.15, -0.1) is 0 Å². The zero-order chi connectivity index (χ0) is 18.9. The van der Waals surface area contributed by atoms with Gasteiger partial charge in [-0.25, -0.2) is 4.79 Å². The Morgan fingerprint density at radius 2 is 1.96 bits per heavy atom. The standard InChI is InChI=1S/C23H35N3O/c1-2-19-11-8-12-22(17-19)25-23(27)24-21-13-15-26(16-14-21)18-20-9-6-4-3-5-7-10-20/h8-9,11-12,17,21H,2-7,10,13-16,18H2,1H3,(H2,24,25,27). The molecule has 27 heavy (non-hydrogen) atoms. The zero-order valence-corrected chi connectivity index (χ0v) is 16.8. The third-order valence-corrected chi connectivity index (χ3v) is 5.83. The van der Waals surface area contributed by atoms with Crippen LogP contribution >= 0.6 is 0 Å². The summed E-state index contributed by atoms with van der Waals surface area (Å²) in [6.45, 7) is 5.41. The van der Waals surface area contributed by atoms with Crippen LogP contribution in [-0.4, -0.2) is 36.6 Å². The normalized spacial score (nSPS) is 19.7. The molecule has 0 aromatic heterocycles. The molecule has 0 atom stereocenters. The largest absolute Gasteiger partial charge is 0.335 e. The number of piperidine rings is 1. The highest BCUT2D eigenvalue weighted by Gasteiger charge is 2.21. The van der Waals surface area contributed by atoms with Gasteiger partial charge < -0.3 is 10.6 Å². The van der Waals surface area contributed by atoms with E-state index >= 15 is 0 Å². The van der Waals surface area contributed by atoms with Crippen molar-refractivity contribution in [2.45, 2.75) is 70.8 Å². The number of hydrogen-bond acceptors (Lipinski definition) is 2. The van der Waals surface area contributed by atoms with Crippen LogP contribution in [0.15, 0.2) is 35.9 Å². The first-order valence-corrected chi connectivity index (χ1v) is 10.8. The van der Waals surface area contributed by atoms with Crippen LogP contribution in [0.3, 0.4) is 0 Å². The fraction of sp³-hybridized carbons (Fsp3) is 0.609. The number of likely N-dealkylation sites (tertiary alicyclic amines) is 1. The first-order valence-electron chi connectivity index (χ1n) is 10.8. The summed E-state index contributed by atoms with van der Waals surface area (Å²) < 4.78 is 0. The van der Waals surface area contributed by atoms with Crippen LogP contribution in [0.5, 0.6) is 0 Å². The van der Waals surface area contributed by atoms with Crippen LogP contribution in [0.25, 0.3) is 0 Å². The lowest BCUT2D eigenvalue weighted by molar-refractivity contribution is 0.205. The fourth-order valence-electron chi connectivity index (χ4n) is 4.15. The number of urea groups is 1. The number of nitrogens with zero attached hydrogens (tertiary/aromatic N) is 1. The molecular formula is C23H35N3O. The summed E-state index contributed by atoms with van der Waals surface area (Å²) in [7, 11) is 0. The number of carbonyl (C=O) groups is 1. The molecule has 3 rings (SSSR count). The molecule has 4 nitrogen and oxygen atoms in total. The van der Waals surface area contributed by atoms with Crippen molar-refractivity contribution in [3.8, 4) is 0 Å². The van der Waals surface area contributed by atoms with Crippen LogP contribution in [0, 0.1) is 0 Å². The lowest BCUT2D eigenvalue weighted by atomic mass is 9.98. The third-order valence-electron chi connectivity index (χ3n) is 5.83. The Morgan fingerprint density at radius 3 is 2.78 bits per heavy atom. The zero-order valence-electron chi connectivity index (χ0n) is 16.8. The van der Waals surface area contributed by atoms with Gasteiger partial charge >= 0.3 is 6.03 Å². The Hall–Kier alpha value is -1.81. The minimum atomic E-state index is -0.0792. The van der Waals surface area contributed by atoms with E-state index in [0.29, 0.717) is 0 Å². The highest BCUT2D eigenvalue weighted by Crippen LogP contribution is 2.20. The average Bonchev–Trinajstić information content (AvgIpc) is 2.65. The number of rotatable bonds is 5. The van der Waals surface area contributed by atoms with Crippen molar-refractivity contribution in [3.63, 3.8) is 0 Å². The van der Waals surface area contributed by atoms with E-state index in [4.69, 9.17) is 0 Å². The van der Waals surface area contributed by atoms with E-state index in [1.54, 1.807) is 5.57 Å². The highest BCUT2D eigenvalue weighted by molar-refractivity contribution is 5.89. The quantitative estimate of drug-likeness (QED) is 0.708. The van der Waals surface area contributed by atoms with Gasteiger partial charge in [0.05, 0.1) is 0 Å². The Kier molecular flexibility index (Phi) is 7.76. The van der Waals surface area contributed by atoms with Crippen molar-refractivity contribution < 1.29 is 4.79 Å². The van der Waals surface area contributed by atoms with E-state index in [2.05, 4.69) is 34.6 Å². The summed E-state index contributed by atoms with van der Waals surface area (Å²) >= 11 is 0. The molecule has 2 N–H and O–H groups in total. The lowest BCUT2D eigenvalue weighted by Gasteiger charge is -2.33. The number of amides is 2. The van der Waals surface area contributed by atoms with E-state index in [1.165, 1.54) is 44.1 Å². The van der Waals surface area contributed by atoms with Gasteiger partial charge in [-0.1, -0.05) is 43.5 Å². The molecule has 1 aliphatic carbocycles. The monoisotopic (exact) mass is 369 g/mol. The van der Waals surface area contributed by atoms with Crippen molar-refractivity contribution in [1.82, 2.24) is 10.2 Å². The molecule has 2 aliphatic rings. The second-order valence-corrected chi connectivity index (χ2v) is 8.02. The van der Waals surface area contributed by atoms with Crippen LogP contribution in [0.2, 0.25) is 0 Å². The molecule has 1 saturated heterocycles. The summed E-state index contributed by atoms with van der Waals surface area (Å²) in [6, 6.07) is 8.28. The highest BCUT2D eigenvalue weighted by atomic mass is 16.2. The van der Waals surface area contributed by atoms with Crippen LogP contribution in [0.4, 0.5) is 10.5 Å². The molecular weight excluding hydrogens is 334 g/mol. The Morgan fingerprint density at radius 1 is 1.15 bits per heavy atom. The maximum Gasteiger partial charge on any atom is 0.319 e. The van der Waals surface area contributed by atoms with Gasteiger partial charge in [-0.05, 0) is 62.6 Å². The van der Waals surface area contributed by atoms with Gasteiger partial charge in [-0.3, -0.25) is 4.90 Å². The molecule has 0 radical (unpaired) electrons. The molecule has 0 saturated carbocycles. The number of benzene rings is 1. The minimum absolute atomic E-state index is 0.0792. The summed E-state index contributed by atoms with van der Waals surface area (Å²) in [4.78, 5) is 14.9. The molecule has 0 spiro atoms. The van der Waals surface area contributed by atoms with E-state index in [1.807, 2.05) is 18.2 Å². The first-order chi connectivity index (χ1) is 13.2. The van der Waals surface area contributed by atoms with E-state index in [0.717, 1.165) is 44.6 Å². The van der Waals surface area contributed by atoms with Crippen LogP contribution in [0.1, 0.15) is 63.9 Å². The summed E-state index contributed by atoms with van der Waals surface area (Å²) in [6.07, 6.45) is 13.6. The maximum absolute atomic E-state index is 12.3. The molecule has 1 aromatic rings. The topological polar surface area (TPSA) is 44.4 Å².